The topological polar surface area (TPSA) is 101 Å². The molecule has 0 bridgehead atoms. The predicted octanol–water partition coefficient (Wildman–Crippen LogP) is 4.81. The van der Waals surface area contributed by atoms with Gasteiger partial charge in [0, 0.05) is 23.0 Å². The van der Waals surface area contributed by atoms with E-state index in [1.165, 1.54) is 23.5 Å². The Morgan fingerprint density at radius 1 is 0.963 bits per heavy atom. The number of thiophene rings is 1. The predicted molar refractivity (Wildman–Crippen MR) is 105 cm³/mol. The summed E-state index contributed by atoms with van der Waals surface area (Å²) in [5.41, 5.74) is 0.690. The molecule has 0 aliphatic rings. The van der Waals surface area contributed by atoms with E-state index in [0.29, 0.717) is 16.3 Å². The molecule has 0 radical (unpaired) electrons. The van der Waals surface area contributed by atoms with Gasteiger partial charge in [-0.25, -0.2) is 0 Å². The first-order valence-electron chi connectivity index (χ1n) is 7.64. The van der Waals surface area contributed by atoms with Crippen molar-refractivity contribution in [3.63, 3.8) is 0 Å². The summed E-state index contributed by atoms with van der Waals surface area (Å²) in [4.78, 5) is 35.3. The maximum Gasteiger partial charge on any atom is 0.288 e. The molecular weight excluding hydrogens is 390 g/mol. The molecule has 9 heteroatoms. The van der Waals surface area contributed by atoms with Crippen LogP contribution >= 0.6 is 22.9 Å². The average Bonchev–Trinajstić information content (AvgIpc) is 3.17. The lowest BCUT2D eigenvalue weighted by molar-refractivity contribution is -0.384. The number of hydrogen-bond donors (Lipinski definition) is 2. The summed E-state index contributed by atoms with van der Waals surface area (Å²) in [5.74, 6) is -0.779. The molecule has 0 fully saturated rings. The van der Waals surface area contributed by atoms with Gasteiger partial charge < -0.3 is 10.6 Å². The monoisotopic (exact) mass is 401 g/mol. The van der Waals surface area contributed by atoms with E-state index in [0.717, 1.165) is 6.07 Å². The highest BCUT2D eigenvalue weighted by Gasteiger charge is 2.16. The minimum absolute atomic E-state index is 0.0464. The van der Waals surface area contributed by atoms with Gasteiger partial charge >= 0.3 is 0 Å². The number of carbonyl (C=O) groups excluding carboxylic acids is 2. The zero-order valence-electron chi connectivity index (χ0n) is 13.6. The highest BCUT2D eigenvalue weighted by Crippen LogP contribution is 2.26. The molecule has 136 valence electrons. The maximum atomic E-state index is 12.4. The van der Waals surface area contributed by atoms with Gasteiger partial charge in [-0.05, 0) is 41.8 Å². The standard InChI is InChI=1S/C18H12ClN3O4S/c19-14-7-6-11(9-15(14)22(25)26)17(23)20-12-3-1-4-13(10-12)21-18(24)16-5-2-8-27-16/h1-10H,(H,20,23)(H,21,24). The van der Waals surface area contributed by atoms with Gasteiger partial charge in [0.2, 0.25) is 0 Å². The Hall–Kier alpha value is -3.23. The minimum Gasteiger partial charge on any atom is -0.322 e. The third kappa shape index (κ3) is 4.49. The summed E-state index contributed by atoms with van der Waals surface area (Å²) in [6.07, 6.45) is 0. The van der Waals surface area contributed by atoms with Gasteiger partial charge in [0.15, 0.2) is 0 Å². The van der Waals surface area contributed by atoms with Crippen LogP contribution in [0.1, 0.15) is 20.0 Å². The van der Waals surface area contributed by atoms with Crippen LogP contribution in [0.25, 0.3) is 0 Å². The van der Waals surface area contributed by atoms with Crippen molar-refractivity contribution < 1.29 is 14.5 Å². The second-order valence-electron chi connectivity index (χ2n) is 5.39. The van der Waals surface area contributed by atoms with E-state index in [2.05, 4.69) is 10.6 Å². The van der Waals surface area contributed by atoms with Crippen LogP contribution in [-0.2, 0) is 0 Å². The van der Waals surface area contributed by atoms with Gasteiger partial charge in [0.1, 0.15) is 5.02 Å². The number of rotatable bonds is 5. The molecule has 2 amide bonds. The van der Waals surface area contributed by atoms with Crippen LogP contribution in [0, 0.1) is 10.1 Å². The number of nitro groups is 1. The molecule has 2 N–H and O–H groups in total. The van der Waals surface area contributed by atoms with Crippen molar-refractivity contribution in [2.45, 2.75) is 0 Å². The Kier molecular flexibility index (Phi) is 5.49. The number of nitrogens with one attached hydrogen (secondary N) is 2. The fraction of sp³-hybridized carbons (Fsp3) is 0. The number of halogens is 1. The van der Waals surface area contributed by atoms with Crippen molar-refractivity contribution in [1.29, 1.82) is 0 Å². The number of carbonyl (C=O) groups is 2. The fourth-order valence-electron chi connectivity index (χ4n) is 2.27. The van der Waals surface area contributed by atoms with Gasteiger partial charge in [-0.1, -0.05) is 23.7 Å². The summed E-state index contributed by atoms with van der Waals surface area (Å²) < 4.78 is 0. The maximum absolute atomic E-state index is 12.4. The molecule has 3 rings (SSSR count). The van der Waals surface area contributed by atoms with Crippen LogP contribution in [-0.4, -0.2) is 16.7 Å². The third-order valence-electron chi connectivity index (χ3n) is 3.53. The van der Waals surface area contributed by atoms with Gasteiger partial charge in [-0.3, -0.25) is 19.7 Å². The first-order chi connectivity index (χ1) is 12.9. The SMILES string of the molecule is O=C(Nc1cccc(NC(=O)c2cccs2)c1)c1ccc(Cl)c([N+](=O)[O-])c1. The van der Waals surface area contributed by atoms with Crippen LogP contribution in [0.2, 0.25) is 5.02 Å². The second-order valence-corrected chi connectivity index (χ2v) is 6.74. The second kappa shape index (κ2) is 7.98. The van der Waals surface area contributed by atoms with E-state index in [1.54, 1.807) is 41.8 Å². The molecule has 27 heavy (non-hydrogen) atoms. The van der Waals surface area contributed by atoms with Crippen molar-refractivity contribution in [3.8, 4) is 0 Å². The Morgan fingerprint density at radius 3 is 2.30 bits per heavy atom. The van der Waals surface area contributed by atoms with Crippen LogP contribution in [0.15, 0.2) is 60.0 Å². The number of amides is 2. The molecule has 7 nitrogen and oxygen atoms in total. The Morgan fingerprint density at radius 2 is 1.67 bits per heavy atom. The van der Waals surface area contributed by atoms with Crippen LogP contribution in [0.5, 0.6) is 0 Å². The lowest BCUT2D eigenvalue weighted by atomic mass is 10.2. The number of nitro benzene ring substituents is 1. The van der Waals surface area contributed by atoms with Gasteiger partial charge in [-0.15, -0.1) is 11.3 Å². The first-order valence-corrected chi connectivity index (χ1v) is 8.90. The molecule has 0 aliphatic heterocycles. The molecule has 0 spiro atoms. The summed E-state index contributed by atoms with van der Waals surface area (Å²) in [6.45, 7) is 0. The van der Waals surface area contributed by atoms with E-state index in [4.69, 9.17) is 11.6 Å². The summed E-state index contributed by atoms with van der Waals surface area (Å²) in [7, 11) is 0. The van der Waals surface area contributed by atoms with Crippen LogP contribution < -0.4 is 10.6 Å². The van der Waals surface area contributed by atoms with E-state index in [9.17, 15) is 19.7 Å². The molecule has 0 saturated carbocycles. The minimum atomic E-state index is -0.653. The van der Waals surface area contributed by atoms with E-state index >= 15 is 0 Å². The van der Waals surface area contributed by atoms with Gasteiger partial charge in [-0.2, -0.15) is 0 Å². The van der Waals surface area contributed by atoms with Crippen LogP contribution in [0.3, 0.4) is 0 Å². The van der Waals surface area contributed by atoms with Gasteiger partial charge in [0.25, 0.3) is 17.5 Å². The lowest BCUT2D eigenvalue weighted by Gasteiger charge is -2.09. The number of nitrogens with zero attached hydrogens (tertiary/aromatic N) is 1. The van der Waals surface area contributed by atoms with Crippen molar-refractivity contribution in [3.05, 3.63) is 85.6 Å². The third-order valence-corrected chi connectivity index (χ3v) is 4.72. The molecule has 3 aromatic rings. The number of anilines is 2. The van der Waals surface area contributed by atoms with Gasteiger partial charge in [0.05, 0.1) is 9.80 Å². The zero-order chi connectivity index (χ0) is 19.4. The Labute approximate surface area is 162 Å². The Balaban J connectivity index is 1.74. The zero-order valence-corrected chi connectivity index (χ0v) is 15.2. The number of hydrogen-bond acceptors (Lipinski definition) is 5. The summed E-state index contributed by atoms with van der Waals surface area (Å²) in [6, 6.07) is 13.9. The molecular formula is C18H12ClN3O4S. The normalized spacial score (nSPS) is 10.3. The highest BCUT2D eigenvalue weighted by molar-refractivity contribution is 7.12. The molecule has 0 saturated heterocycles. The van der Waals surface area contributed by atoms with E-state index in [1.807, 2.05) is 0 Å². The van der Waals surface area contributed by atoms with Crippen LogP contribution in [0.4, 0.5) is 17.1 Å². The van der Waals surface area contributed by atoms with Crippen molar-refractivity contribution in [2.75, 3.05) is 10.6 Å². The van der Waals surface area contributed by atoms with E-state index < -0.39 is 10.8 Å². The largest absolute Gasteiger partial charge is 0.322 e. The van der Waals surface area contributed by atoms with Crippen molar-refractivity contribution >= 4 is 51.8 Å². The fourth-order valence-corrected chi connectivity index (χ4v) is 3.08. The molecule has 1 aromatic heterocycles. The molecule has 0 aliphatic carbocycles. The lowest BCUT2D eigenvalue weighted by Crippen LogP contribution is -2.13. The smallest absolute Gasteiger partial charge is 0.288 e. The summed E-state index contributed by atoms with van der Waals surface area (Å²) >= 11 is 7.07. The molecule has 2 aromatic carbocycles. The molecule has 0 atom stereocenters. The average molecular weight is 402 g/mol. The van der Waals surface area contributed by atoms with E-state index in [-0.39, 0.29) is 22.2 Å². The van der Waals surface area contributed by atoms with Crippen molar-refractivity contribution in [1.82, 2.24) is 0 Å². The Bertz CT molecular complexity index is 1020. The quantitative estimate of drug-likeness (QED) is 0.473. The first kappa shape index (κ1) is 18.6. The number of benzene rings is 2. The molecule has 1 heterocycles. The highest BCUT2D eigenvalue weighted by atomic mass is 35.5. The van der Waals surface area contributed by atoms with Crippen molar-refractivity contribution in [2.24, 2.45) is 0 Å². The molecule has 0 unspecified atom stereocenters. The summed E-state index contributed by atoms with van der Waals surface area (Å²) in [5, 5.41) is 18.1.